The Hall–Kier alpha value is -2.64. The van der Waals surface area contributed by atoms with Crippen LogP contribution in [0.15, 0.2) is 58.2 Å². The van der Waals surface area contributed by atoms with Gasteiger partial charge in [0.05, 0.1) is 11.9 Å². The van der Waals surface area contributed by atoms with Crippen molar-refractivity contribution >= 4 is 72.8 Å². The first-order chi connectivity index (χ1) is 19.6. The molecule has 0 aliphatic carbocycles. The molecule has 0 N–H and O–H groups in total. The van der Waals surface area contributed by atoms with Crippen molar-refractivity contribution in [2.75, 3.05) is 31.1 Å². The second kappa shape index (κ2) is 11.1. The maximum atomic E-state index is 14.2. The van der Waals surface area contributed by atoms with E-state index < -0.39 is 27.3 Å². The fourth-order valence-corrected chi connectivity index (χ4v) is 7.57. The molecule has 1 atom stereocenters. The number of hydrogen-bond acceptors (Lipinski definition) is 6. The SMILES string of the molecule is CC(C)(C)OC(=O)N1CCN(S(=O)(=O)c2cnc3n2[C@](C)(Cc2ccc(Br)cc2)C(=O)N3c2cc(Cl)cc(Cl)c2)CC1. The van der Waals surface area contributed by atoms with Gasteiger partial charge < -0.3 is 9.64 Å². The summed E-state index contributed by atoms with van der Waals surface area (Å²) >= 11 is 16.0. The van der Waals surface area contributed by atoms with E-state index in [4.69, 9.17) is 27.9 Å². The average molecular weight is 699 g/mol. The molecule has 2 amide bonds. The summed E-state index contributed by atoms with van der Waals surface area (Å²) in [5.74, 6) is -0.234. The summed E-state index contributed by atoms with van der Waals surface area (Å²) in [6, 6.07) is 12.2. The summed E-state index contributed by atoms with van der Waals surface area (Å²) < 4.78 is 37.3. The third-order valence-electron chi connectivity index (χ3n) is 7.13. The molecule has 224 valence electrons. The van der Waals surface area contributed by atoms with E-state index in [1.165, 1.54) is 24.9 Å². The van der Waals surface area contributed by atoms with Crippen LogP contribution in [0.3, 0.4) is 0 Å². The molecule has 0 saturated carbocycles. The molecule has 1 aromatic heterocycles. The molecule has 14 heteroatoms. The Bertz CT molecular complexity index is 1630. The molecular weight excluding hydrogens is 669 g/mol. The van der Waals surface area contributed by atoms with Gasteiger partial charge in [-0.1, -0.05) is 51.3 Å². The zero-order chi connectivity index (χ0) is 30.6. The van der Waals surface area contributed by atoms with Gasteiger partial charge in [0, 0.05) is 47.1 Å². The van der Waals surface area contributed by atoms with E-state index in [1.54, 1.807) is 45.9 Å². The minimum Gasteiger partial charge on any atom is -0.444 e. The number of sulfonamides is 1. The predicted molar refractivity (Wildman–Crippen MR) is 164 cm³/mol. The number of carbonyl (C=O) groups is 2. The van der Waals surface area contributed by atoms with Gasteiger partial charge in [-0.15, -0.1) is 0 Å². The summed E-state index contributed by atoms with van der Waals surface area (Å²) in [5, 5.41) is 0.521. The molecule has 2 aliphatic rings. The molecule has 42 heavy (non-hydrogen) atoms. The summed E-state index contributed by atoms with van der Waals surface area (Å²) in [6.45, 7) is 7.49. The number of benzene rings is 2. The van der Waals surface area contributed by atoms with Crippen molar-refractivity contribution in [3.05, 3.63) is 68.7 Å². The van der Waals surface area contributed by atoms with Gasteiger partial charge in [-0.3, -0.25) is 9.36 Å². The average Bonchev–Trinajstić information content (AvgIpc) is 3.42. The minimum atomic E-state index is -4.13. The lowest BCUT2D eigenvalue weighted by Crippen LogP contribution is -2.52. The van der Waals surface area contributed by atoms with E-state index in [1.807, 2.05) is 24.3 Å². The number of amides is 2. The fraction of sp³-hybridized carbons (Fsp3) is 0.393. The molecule has 10 nitrogen and oxygen atoms in total. The highest BCUT2D eigenvalue weighted by Gasteiger charge is 2.52. The van der Waals surface area contributed by atoms with Crippen LogP contribution in [0, 0.1) is 0 Å². The Morgan fingerprint density at radius 1 is 1.05 bits per heavy atom. The first-order valence-electron chi connectivity index (χ1n) is 13.2. The molecule has 3 heterocycles. The van der Waals surface area contributed by atoms with Gasteiger partial charge in [-0.25, -0.2) is 23.1 Å². The number of imidazole rings is 1. The van der Waals surface area contributed by atoms with Crippen LogP contribution >= 0.6 is 39.1 Å². The molecule has 1 saturated heterocycles. The third-order valence-corrected chi connectivity index (χ3v) is 9.96. The predicted octanol–water partition coefficient (Wildman–Crippen LogP) is 5.83. The van der Waals surface area contributed by atoms with Crippen LogP contribution in [0.2, 0.25) is 10.0 Å². The number of rotatable bonds is 5. The number of halogens is 3. The molecule has 2 aromatic carbocycles. The first-order valence-corrected chi connectivity index (χ1v) is 16.2. The smallest absolute Gasteiger partial charge is 0.410 e. The zero-order valence-corrected chi connectivity index (χ0v) is 27.4. The van der Waals surface area contributed by atoms with Crippen molar-refractivity contribution in [2.45, 2.75) is 50.3 Å². The van der Waals surface area contributed by atoms with Gasteiger partial charge >= 0.3 is 6.09 Å². The summed E-state index contributed by atoms with van der Waals surface area (Å²) in [4.78, 5) is 34.1. The Morgan fingerprint density at radius 3 is 2.21 bits per heavy atom. The summed E-state index contributed by atoms with van der Waals surface area (Å²) in [5.41, 5.74) is -0.814. The fourth-order valence-electron chi connectivity index (χ4n) is 5.18. The third kappa shape index (κ3) is 5.79. The van der Waals surface area contributed by atoms with Gasteiger partial charge in [-0.05, 0) is 63.6 Å². The Balaban J connectivity index is 1.53. The monoisotopic (exact) mass is 697 g/mol. The van der Waals surface area contributed by atoms with Crippen LogP contribution in [-0.2, 0) is 31.5 Å². The number of fused-ring (bicyclic) bond motifs is 1. The number of carbonyl (C=O) groups excluding carboxylic acids is 2. The summed E-state index contributed by atoms with van der Waals surface area (Å²) in [6.07, 6.45) is 0.978. The lowest BCUT2D eigenvalue weighted by atomic mass is 9.92. The van der Waals surface area contributed by atoms with Gasteiger partial charge in [0.15, 0.2) is 5.03 Å². The van der Waals surface area contributed by atoms with Crippen molar-refractivity contribution in [1.29, 1.82) is 0 Å². The van der Waals surface area contributed by atoms with Crippen molar-refractivity contribution in [2.24, 2.45) is 0 Å². The standard InChI is InChI=1S/C28H30BrCl2N5O5S/c1-27(2,3)41-26(38)33-9-11-34(12-10-33)42(39,40)23-17-32-25-35(22-14-20(30)13-21(31)15-22)24(37)28(4,36(23)25)16-18-5-7-19(29)8-6-18/h5-8,13-15,17H,9-12,16H2,1-4H3/t28-/m1/s1. The molecule has 3 aromatic rings. The minimum absolute atomic E-state index is 0.0626. The highest BCUT2D eigenvalue weighted by molar-refractivity contribution is 9.10. The van der Waals surface area contributed by atoms with Crippen molar-refractivity contribution < 1.29 is 22.7 Å². The lowest BCUT2D eigenvalue weighted by Gasteiger charge is -2.35. The molecule has 0 unspecified atom stereocenters. The van der Waals surface area contributed by atoms with Crippen LogP contribution in [-0.4, -0.2) is 71.0 Å². The first kappa shape index (κ1) is 30.8. The maximum absolute atomic E-state index is 14.2. The topological polar surface area (TPSA) is 105 Å². The molecule has 0 bridgehead atoms. The van der Waals surface area contributed by atoms with Gasteiger partial charge in [0.2, 0.25) is 5.95 Å². The van der Waals surface area contributed by atoms with E-state index in [-0.39, 0.29) is 49.5 Å². The molecule has 5 rings (SSSR count). The van der Waals surface area contributed by atoms with Crippen molar-refractivity contribution in [3.63, 3.8) is 0 Å². The van der Waals surface area contributed by atoms with Crippen LogP contribution < -0.4 is 4.90 Å². The van der Waals surface area contributed by atoms with Crippen LogP contribution in [0.1, 0.15) is 33.3 Å². The Labute approximate surface area is 263 Å². The van der Waals surface area contributed by atoms with Crippen LogP contribution in [0.25, 0.3) is 0 Å². The number of piperazine rings is 1. The van der Waals surface area contributed by atoms with Gasteiger partial charge in [0.25, 0.3) is 15.9 Å². The maximum Gasteiger partial charge on any atom is 0.410 e. The highest BCUT2D eigenvalue weighted by Crippen LogP contribution is 2.45. The normalized spacial score (nSPS) is 19.7. The zero-order valence-electron chi connectivity index (χ0n) is 23.5. The second-order valence-electron chi connectivity index (χ2n) is 11.4. The van der Waals surface area contributed by atoms with Crippen LogP contribution in [0.4, 0.5) is 16.4 Å². The number of anilines is 2. The Morgan fingerprint density at radius 2 is 1.64 bits per heavy atom. The molecule has 2 aliphatic heterocycles. The van der Waals surface area contributed by atoms with Crippen molar-refractivity contribution in [3.8, 4) is 0 Å². The molecule has 0 spiro atoms. The van der Waals surface area contributed by atoms with E-state index in [2.05, 4.69) is 20.9 Å². The summed E-state index contributed by atoms with van der Waals surface area (Å²) in [7, 11) is -4.13. The van der Waals surface area contributed by atoms with E-state index in [0.29, 0.717) is 15.7 Å². The van der Waals surface area contributed by atoms with Gasteiger partial charge in [-0.2, -0.15) is 4.31 Å². The molecule has 0 radical (unpaired) electrons. The van der Waals surface area contributed by atoms with E-state index >= 15 is 0 Å². The highest BCUT2D eigenvalue weighted by atomic mass is 79.9. The second-order valence-corrected chi connectivity index (χ2v) is 15.1. The molecule has 1 fully saturated rings. The van der Waals surface area contributed by atoms with E-state index in [0.717, 1.165) is 10.0 Å². The molecular formula is C28H30BrCl2N5O5S. The van der Waals surface area contributed by atoms with Gasteiger partial charge in [0.1, 0.15) is 11.1 Å². The Kier molecular flexibility index (Phi) is 8.16. The number of hydrogen-bond donors (Lipinski definition) is 0. The number of aromatic nitrogens is 2. The quantitative estimate of drug-likeness (QED) is 0.332. The largest absolute Gasteiger partial charge is 0.444 e. The number of nitrogens with zero attached hydrogens (tertiary/aromatic N) is 5. The number of ether oxygens (including phenoxy) is 1. The lowest BCUT2D eigenvalue weighted by molar-refractivity contribution is -0.124. The van der Waals surface area contributed by atoms with E-state index in [9.17, 15) is 18.0 Å². The van der Waals surface area contributed by atoms with Crippen molar-refractivity contribution in [1.82, 2.24) is 18.8 Å². The van der Waals surface area contributed by atoms with Crippen LogP contribution in [0.5, 0.6) is 0 Å².